The molecule has 5 heteroatoms. The lowest BCUT2D eigenvalue weighted by Crippen LogP contribution is -2.40. The van der Waals surface area contributed by atoms with E-state index in [1.54, 1.807) is 25.3 Å². The molecule has 0 radical (unpaired) electrons. The molecule has 0 aromatic heterocycles. The lowest BCUT2D eigenvalue weighted by molar-refractivity contribution is -0.126. The summed E-state index contributed by atoms with van der Waals surface area (Å²) in [5.41, 5.74) is -0.253. The molecule has 0 bridgehead atoms. The summed E-state index contributed by atoms with van der Waals surface area (Å²) in [5, 5.41) is 11.9. The average molecular weight is 260 g/mol. The van der Waals surface area contributed by atoms with E-state index in [-0.39, 0.29) is 5.91 Å². The minimum Gasteiger partial charge on any atom is -0.493 e. The molecule has 0 spiro atoms. The Kier molecular flexibility index (Phi) is 3.61. The number of amides is 1. The highest BCUT2D eigenvalue weighted by atomic mass is 16.5. The molecule has 0 atom stereocenters. The molecule has 1 aromatic carbocycles. The number of carbonyl (C=O) groups is 1. The van der Waals surface area contributed by atoms with Gasteiger partial charge in [0.1, 0.15) is 5.41 Å². The molecule has 0 heterocycles. The van der Waals surface area contributed by atoms with Gasteiger partial charge in [0, 0.05) is 11.8 Å². The fourth-order valence-corrected chi connectivity index (χ4v) is 2.08. The fraction of sp³-hybridized carbons (Fsp3) is 0.429. The van der Waals surface area contributed by atoms with Crippen molar-refractivity contribution in [3.8, 4) is 17.6 Å². The predicted octanol–water partition coefficient (Wildman–Crippen LogP) is 2.34. The monoisotopic (exact) mass is 260 g/mol. The molecule has 1 saturated carbocycles. The molecular weight excluding hydrogens is 244 g/mol. The van der Waals surface area contributed by atoms with Gasteiger partial charge in [0.2, 0.25) is 5.91 Å². The number of hydrogen-bond donors (Lipinski definition) is 1. The van der Waals surface area contributed by atoms with Crippen molar-refractivity contribution in [2.45, 2.75) is 19.3 Å². The summed E-state index contributed by atoms with van der Waals surface area (Å²) in [4.78, 5) is 12.1. The van der Waals surface area contributed by atoms with E-state index in [0.29, 0.717) is 30.0 Å². The van der Waals surface area contributed by atoms with Gasteiger partial charge in [0.05, 0.1) is 20.3 Å². The standard InChI is InChI=1S/C14H16N2O3/c1-18-11-5-4-10(8-12(11)19-2)16-13(17)14(9-15)6-3-7-14/h4-5,8H,3,6-7H2,1-2H3,(H,16,17). The SMILES string of the molecule is COc1ccc(NC(=O)C2(C#N)CCC2)cc1OC. The topological polar surface area (TPSA) is 71.3 Å². The minimum atomic E-state index is -0.854. The molecule has 0 aliphatic heterocycles. The first kappa shape index (κ1) is 13.2. The van der Waals surface area contributed by atoms with E-state index in [2.05, 4.69) is 11.4 Å². The molecule has 1 amide bonds. The van der Waals surface area contributed by atoms with Gasteiger partial charge in [0.25, 0.3) is 0 Å². The van der Waals surface area contributed by atoms with Gasteiger partial charge in [-0.25, -0.2) is 0 Å². The number of ether oxygens (including phenoxy) is 2. The van der Waals surface area contributed by atoms with Crippen LogP contribution in [0.1, 0.15) is 19.3 Å². The number of hydrogen-bond acceptors (Lipinski definition) is 4. The smallest absolute Gasteiger partial charge is 0.244 e. The van der Waals surface area contributed by atoms with Crippen molar-refractivity contribution in [2.24, 2.45) is 5.41 Å². The van der Waals surface area contributed by atoms with Crippen LogP contribution in [-0.2, 0) is 4.79 Å². The number of anilines is 1. The molecule has 1 aliphatic rings. The zero-order chi connectivity index (χ0) is 13.9. The van der Waals surface area contributed by atoms with Gasteiger partial charge in [0.15, 0.2) is 11.5 Å². The van der Waals surface area contributed by atoms with E-state index in [1.165, 1.54) is 7.11 Å². The van der Waals surface area contributed by atoms with Crippen LogP contribution in [0.5, 0.6) is 11.5 Å². The Hall–Kier alpha value is -2.22. The Labute approximate surface area is 112 Å². The van der Waals surface area contributed by atoms with Crippen molar-refractivity contribution in [3.05, 3.63) is 18.2 Å². The first-order chi connectivity index (χ1) is 9.15. The van der Waals surface area contributed by atoms with Crippen LogP contribution in [-0.4, -0.2) is 20.1 Å². The third-order valence-corrected chi connectivity index (χ3v) is 3.50. The number of carbonyl (C=O) groups excluding carboxylic acids is 1. The third-order valence-electron chi connectivity index (χ3n) is 3.50. The average Bonchev–Trinajstić information content (AvgIpc) is 2.38. The molecule has 1 aliphatic carbocycles. The van der Waals surface area contributed by atoms with Crippen LogP contribution in [0.3, 0.4) is 0 Å². The molecule has 19 heavy (non-hydrogen) atoms. The highest BCUT2D eigenvalue weighted by Crippen LogP contribution is 2.41. The number of methoxy groups -OCH3 is 2. The molecular formula is C14H16N2O3. The van der Waals surface area contributed by atoms with Crippen LogP contribution in [0.4, 0.5) is 5.69 Å². The number of nitrogens with zero attached hydrogens (tertiary/aromatic N) is 1. The van der Waals surface area contributed by atoms with Crippen LogP contribution in [0, 0.1) is 16.7 Å². The lowest BCUT2D eigenvalue weighted by atomic mass is 9.69. The summed E-state index contributed by atoms with van der Waals surface area (Å²) in [7, 11) is 3.08. The van der Waals surface area contributed by atoms with E-state index >= 15 is 0 Å². The molecule has 1 fully saturated rings. The van der Waals surface area contributed by atoms with Crippen molar-refractivity contribution in [1.82, 2.24) is 0 Å². The zero-order valence-electron chi connectivity index (χ0n) is 11.0. The number of benzene rings is 1. The van der Waals surface area contributed by atoms with Crippen molar-refractivity contribution in [1.29, 1.82) is 5.26 Å². The Bertz CT molecular complexity index is 530. The molecule has 1 N–H and O–H groups in total. The first-order valence-electron chi connectivity index (χ1n) is 6.10. The van der Waals surface area contributed by atoms with Gasteiger partial charge in [-0.3, -0.25) is 4.79 Å². The van der Waals surface area contributed by atoms with Crippen LogP contribution < -0.4 is 14.8 Å². The maximum atomic E-state index is 12.1. The van der Waals surface area contributed by atoms with Gasteiger partial charge in [-0.15, -0.1) is 0 Å². The van der Waals surface area contributed by atoms with Crippen LogP contribution >= 0.6 is 0 Å². The highest BCUT2D eigenvalue weighted by Gasteiger charge is 2.44. The Morgan fingerprint density at radius 1 is 1.32 bits per heavy atom. The molecule has 0 saturated heterocycles. The normalized spacial score (nSPS) is 15.8. The summed E-state index contributed by atoms with van der Waals surface area (Å²) in [5.74, 6) is 0.896. The quantitative estimate of drug-likeness (QED) is 0.901. The molecule has 5 nitrogen and oxygen atoms in total. The molecule has 1 aromatic rings. The fourth-order valence-electron chi connectivity index (χ4n) is 2.08. The second-order valence-corrected chi connectivity index (χ2v) is 4.57. The van der Waals surface area contributed by atoms with E-state index in [1.807, 2.05) is 0 Å². The molecule has 2 rings (SSSR count). The van der Waals surface area contributed by atoms with E-state index in [4.69, 9.17) is 14.7 Å². The van der Waals surface area contributed by atoms with Crippen LogP contribution in [0.15, 0.2) is 18.2 Å². The Morgan fingerprint density at radius 2 is 2.00 bits per heavy atom. The number of nitriles is 1. The van der Waals surface area contributed by atoms with Gasteiger partial charge < -0.3 is 14.8 Å². The second-order valence-electron chi connectivity index (χ2n) is 4.57. The summed E-state index contributed by atoms with van der Waals surface area (Å²) in [6.45, 7) is 0. The molecule has 0 unspecified atom stereocenters. The van der Waals surface area contributed by atoms with Gasteiger partial charge in [-0.1, -0.05) is 0 Å². The lowest BCUT2D eigenvalue weighted by Gasteiger charge is -2.33. The maximum Gasteiger partial charge on any atom is 0.244 e. The first-order valence-corrected chi connectivity index (χ1v) is 6.10. The van der Waals surface area contributed by atoms with Gasteiger partial charge >= 0.3 is 0 Å². The zero-order valence-corrected chi connectivity index (χ0v) is 11.0. The van der Waals surface area contributed by atoms with Gasteiger partial charge in [-0.05, 0) is 31.4 Å². The molecule has 100 valence electrons. The number of nitrogens with one attached hydrogen (secondary N) is 1. The van der Waals surface area contributed by atoms with Crippen molar-refractivity contribution < 1.29 is 14.3 Å². The largest absolute Gasteiger partial charge is 0.493 e. The van der Waals surface area contributed by atoms with E-state index in [9.17, 15) is 4.79 Å². The Balaban J connectivity index is 2.16. The number of rotatable bonds is 4. The predicted molar refractivity (Wildman–Crippen MR) is 70.1 cm³/mol. The summed E-state index contributed by atoms with van der Waals surface area (Å²) in [6.07, 6.45) is 2.18. The van der Waals surface area contributed by atoms with E-state index < -0.39 is 5.41 Å². The van der Waals surface area contributed by atoms with Crippen LogP contribution in [0.25, 0.3) is 0 Å². The maximum absolute atomic E-state index is 12.1. The van der Waals surface area contributed by atoms with Crippen molar-refractivity contribution in [3.63, 3.8) is 0 Å². The summed E-state index contributed by atoms with van der Waals surface area (Å²) in [6, 6.07) is 7.24. The minimum absolute atomic E-state index is 0.242. The van der Waals surface area contributed by atoms with E-state index in [0.717, 1.165) is 6.42 Å². The highest BCUT2D eigenvalue weighted by molar-refractivity contribution is 5.98. The Morgan fingerprint density at radius 3 is 2.47 bits per heavy atom. The summed E-state index contributed by atoms with van der Waals surface area (Å²) >= 11 is 0. The van der Waals surface area contributed by atoms with Crippen LogP contribution in [0.2, 0.25) is 0 Å². The van der Waals surface area contributed by atoms with Gasteiger partial charge in [-0.2, -0.15) is 5.26 Å². The third kappa shape index (κ3) is 2.34. The van der Waals surface area contributed by atoms with Crippen molar-refractivity contribution >= 4 is 11.6 Å². The second kappa shape index (κ2) is 5.19. The summed E-state index contributed by atoms with van der Waals surface area (Å²) < 4.78 is 10.3. The van der Waals surface area contributed by atoms with Crippen molar-refractivity contribution in [2.75, 3.05) is 19.5 Å².